The Morgan fingerprint density at radius 2 is 2.60 bits per heavy atom. The van der Waals surface area contributed by atoms with E-state index < -0.39 is 0 Å². The van der Waals surface area contributed by atoms with Gasteiger partial charge < -0.3 is 10.1 Å². The summed E-state index contributed by atoms with van der Waals surface area (Å²) in [5, 5.41) is 3.32. The molecule has 1 aliphatic rings. The maximum atomic E-state index is 5.07. The Balaban J connectivity index is 1.87. The molecular weight excluding hydrogens is 210 g/mol. The van der Waals surface area contributed by atoms with Crippen LogP contribution >= 0.6 is 11.5 Å². The van der Waals surface area contributed by atoms with Crippen molar-refractivity contribution in [2.75, 3.05) is 27.2 Å². The Hall–Kier alpha value is -0.650. The Bertz CT molecular complexity index is 315. The summed E-state index contributed by atoms with van der Waals surface area (Å²) >= 11 is 1.53. The highest BCUT2D eigenvalue weighted by Crippen LogP contribution is 2.20. The van der Waals surface area contributed by atoms with Crippen molar-refractivity contribution >= 4 is 11.5 Å². The lowest BCUT2D eigenvalue weighted by Crippen LogP contribution is -2.29. The number of nitrogens with one attached hydrogen (secondary N) is 1. The Labute approximate surface area is 94.4 Å². The summed E-state index contributed by atoms with van der Waals surface area (Å²) in [6.07, 6.45) is 1.24. The van der Waals surface area contributed by atoms with Crippen LogP contribution in [0, 0.1) is 0 Å². The molecule has 0 aromatic carbocycles. The Morgan fingerprint density at radius 1 is 1.73 bits per heavy atom. The highest BCUT2D eigenvalue weighted by atomic mass is 32.1. The fourth-order valence-electron chi connectivity index (χ4n) is 1.90. The summed E-state index contributed by atoms with van der Waals surface area (Å²) in [7, 11) is 3.69. The lowest BCUT2D eigenvalue weighted by atomic mass is 10.3. The zero-order valence-electron chi connectivity index (χ0n) is 9.19. The van der Waals surface area contributed by atoms with Crippen LogP contribution in [-0.2, 0) is 6.54 Å². The first kappa shape index (κ1) is 10.9. The maximum absolute atomic E-state index is 5.07. The number of aromatic nitrogens is 1. The summed E-state index contributed by atoms with van der Waals surface area (Å²) in [4.78, 5) is 3.73. The third-order valence-electron chi connectivity index (χ3n) is 2.81. The van der Waals surface area contributed by atoms with Gasteiger partial charge in [0.05, 0.1) is 7.11 Å². The van der Waals surface area contributed by atoms with Crippen molar-refractivity contribution in [2.24, 2.45) is 0 Å². The zero-order valence-corrected chi connectivity index (χ0v) is 10.0. The van der Waals surface area contributed by atoms with E-state index in [9.17, 15) is 0 Å². The van der Waals surface area contributed by atoms with E-state index in [2.05, 4.69) is 14.6 Å². The molecule has 0 aliphatic carbocycles. The first-order chi connectivity index (χ1) is 7.31. The number of ether oxygens (including phenoxy) is 1. The van der Waals surface area contributed by atoms with E-state index in [0.29, 0.717) is 6.04 Å². The summed E-state index contributed by atoms with van der Waals surface area (Å²) in [6, 6.07) is 2.68. The van der Waals surface area contributed by atoms with E-state index in [1.165, 1.54) is 29.4 Å². The molecule has 1 fully saturated rings. The molecule has 0 spiro atoms. The van der Waals surface area contributed by atoms with Gasteiger partial charge in [-0.05, 0) is 25.0 Å². The lowest BCUT2D eigenvalue weighted by molar-refractivity contribution is 0.324. The van der Waals surface area contributed by atoms with E-state index in [1.807, 2.05) is 13.1 Å². The predicted octanol–water partition coefficient (Wildman–Crippen LogP) is 0.945. The van der Waals surface area contributed by atoms with Crippen LogP contribution in [0.2, 0.25) is 0 Å². The molecule has 2 rings (SSSR count). The average Bonchev–Trinajstić information content (AvgIpc) is 2.87. The topological polar surface area (TPSA) is 37.4 Å². The molecule has 1 unspecified atom stereocenters. The SMILES string of the molecule is CNC1CCN(Cc2cc(OC)ns2)C1. The number of methoxy groups -OCH3 is 1. The third-order valence-corrected chi connectivity index (χ3v) is 3.56. The molecule has 1 saturated heterocycles. The van der Waals surface area contributed by atoms with Gasteiger partial charge in [0.25, 0.3) is 0 Å². The Kier molecular flexibility index (Phi) is 3.56. The molecule has 0 saturated carbocycles. The number of hydrogen-bond acceptors (Lipinski definition) is 5. The molecule has 0 amide bonds. The van der Waals surface area contributed by atoms with Crippen LogP contribution in [0.4, 0.5) is 0 Å². The van der Waals surface area contributed by atoms with E-state index in [-0.39, 0.29) is 0 Å². The largest absolute Gasteiger partial charge is 0.480 e. The molecule has 1 aromatic heterocycles. The van der Waals surface area contributed by atoms with Gasteiger partial charge in [-0.25, -0.2) is 0 Å². The summed E-state index contributed by atoms with van der Waals surface area (Å²) in [5.74, 6) is 0.736. The number of likely N-dealkylation sites (N-methyl/N-ethyl adjacent to an activating group) is 1. The number of rotatable bonds is 4. The molecule has 4 nitrogen and oxygen atoms in total. The molecule has 1 N–H and O–H groups in total. The van der Waals surface area contributed by atoms with E-state index in [0.717, 1.165) is 19.0 Å². The average molecular weight is 227 g/mol. The van der Waals surface area contributed by atoms with Crippen molar-refractivity contribution in [3.05, 3.63) is 10.9 Å². The van der Waals surface area contributed by atoms with Gasteiger partial charge in [0, 0.05) is 36.6 Å². The smallest absolute Gasteiger partial charge is 0.225 e. The van der Waals surface area contributed by atoms with Gasteiger partial charge in [-0.15, -0.1) is 0 Å². The minimum absolute atomic E-state index is 0.653. The molecule has 1 aliphatic heterocycles. The second-order valence-corrected chi connectivity index (χ2v) is 4.73. The van der Waals surface area contributed by atoms with Crippen LogP contribution in [0.3, 0.4) is 0 Å². The summed E-state index contributed by atoms with van der Waals surface area (Å²) in [6.45, 7) is 3.31. The van der Waals surface area contributed by atoms with Crippen molar-refractivity contribution in [1.29, 1.82) is 0 Å². The van der Waals surface area contributed by atoms with Crippen LogP contribution in [0.25, 0.3) is 0 Å². The van der Waals surface area contributed by atoms with Crippen LogP contribution in [0.15, 0.2) is 6.07 Å². The molecule has 1 atom stereocenters. The van der Waals surface area contributed by atoms with Crippen LogP contribution < -0.4 is 10.1 Å². The standard InChI is InChI=1S/C10H17N3OS/c1-11-8-3-4-13(6-8)7-9-5-10(14-2)12-15-9/h5,8,11H,3-4,6-7H2,1-2H3. The fourth-order valence-corrected chi connectivity index (χ4v) is 2.63. The van der Waals surface area contributed by atoms with Gasteiger partial charge in [-0.1, -0.05) is 0 Å². The predicted molar refractivity (Wildman–Crippen MR) is 61.4 cm³/mol. The summed E-state index contributed by atoms with van der Waals surface area (Å²) in [5.41, 5.74) is 0. The Morgan fingerprint density at radius 3 is 3.20 bits per heavy atom. The van der Waals surface area contributed by atoms with Crippen molar-refractivity contribution in [2.45, 2.75) is 19.0 Å². The van der Waals surface area contributed by atoms with Gasteiger partial charge >= 0.3 is 0 Å². The van der Waals surface area contributed by atoms with Gasteiger partial charge in [-0.3, -0.25) is 4.90 Å². The molecule has 5 heteroatoms. The van der Waals surface area contributed by atoms with Crippen molar-refractivity contribution in [3.8, 4) is 5.88 Å². The molecule has 84 valence electrons. The number of nitrogens with zero attached hydrogens (tertiary/aromatic N) is 2. The minimum Gasteiger partial charge on any atom is -0.480 e. The molecule has 15 heavy (non-hydrogen) atoms. The third kappa shape index (κ3) is 2.68. The first-order valence-corrected chi connectivity index (χ1v) is 5.98. The normalized spacial score (nSPS) is 22.1. The van der Waals surface area contributed by atoms with Gasteiger partial charge in [0.15, 0.2) is 0 Å². The first-order valence-electron chi connectivity index (χ1n) is 5.21. The minimum atomic E-state index is 0.653. The van der Waals surface area contributed by atoms with Crippen LogP contribution in [0.5, 0.6) is 5.88 Å². The number of likely N-dealkylation sites (tertiary alicyclic amines) is 1. The van der Waals surface area contributed by atoms with Gasteiger partial charge in [-0.2, -0.15) is 4.37 Å². The highest BCUT2D eigenvalue weighted by Gasteiger charge is 2.21. The van der Waals surface area contributed by atoms with E-state index in [1.54, 1.807) is 7.11 Å². The molecule has 2 heterocycles. The van der Waals surface area contributed by atoms with E-state index in [4.69, 9.17) is 4.74 Å². The van der Waals surface area contributed by atoms with Gasteiger partial charge in [0.2, 0.25) is 5.88 Å². The molecule has 1 aromatic rings. The van der Waals surface area contributed by atoms with Crippen molar-refractivity contribution in [1.82, 2.24) is 14.6 Å². The van der Waals surface area contributed by atoms with Crippen molar-refractivity contribution < 1.29 is 4.74 Å². The lowest BCUT2D eigenvalue weighted by Gasteiger charge is -2.13. The van der Waals surface area contributed by atoms with Crippen molar-refractivity contribution in [3.63, 3.8) is 0 Å². The van der Waals surface area contributed by atoms with Gasteiger partial charge in [0.1, 0.15) is 0 Å². The fraction of sp³-hybridized carbons (Fsp3) is 0.700. The maximum Gasteiger partial charge on any atom is 0.225 e. The zero-order chi connectivity index (χ0) is 10.7. The van der Waals surface area contributed by atoms with E-state index >= 15 is 0 Å². The number of hydrogen-bond donors (Lipinski definition) is 1. The second-order valence-electron chi connectivity index (χ2n) is 3.84. The monoisotopic (exact) mass is 227 g/mol. The summed E-state index contributed by atoms with van der Waals surface area (Å²) < 4.78 is 9.26. The molecule has 0 bridgehead atoms. The second kappa shape index (κ2) is 4.92. The van der Waals surface area contributed by atoms with Crippen LogP contribution in [0.1, 0.15) is 11.3 Å². The molecular formula is C10H17N3OS. The van der Waals surface area contributed by atoms with Crippen LogP contribution in [-0.4, -0.2) is 42.6 Å². The molecule has 0 radical (unpaired) electrons. The highest BCUT2D eigenvalue weighted by molar-refractivity contribution is 7.05. The quantitative estimate of drug-likeness (QED) is 0.831.